The lowest BCUT2D eigenvalue weighted by Crippen LogP contribution is -2.40. The summed E-state index contributed by atoms with van der Waals surface area (Å²) in [6, 6.07) is 13.6. The molecule has 0 atom stereocenters. The van der Waals surface area contributed by atoms with Gasteiger partial charge in [0.1, 0.15) is 0 Å². The number of alkyl halides is 3. The molecule has 0 radical (unpaired) electrons. The van der Waals surface area contributed by atoms with Crippen LogP contribution in [0.3, 0.4) is 0 Å². The quantitative estimate of drug-likeness (QED) is 0.598. The van der Waals surface area contributed by atoms with E-state index in [1.54, 1.807) is 24.4 Å². The van der Waals surface area contributed by atoms with E-state index in [2.05, 4.69) is 15.3 Å². The Balaban J connectivity index is 1.66. The van der Waals surface area contributed by atoms with E-state index in [0.29, 0.717) is 27.4 Å². The molecule has 1 N–H and O–H groups in total. The van der Waals surface area contributed by atoms with Gasteiger partial charge in [-0.1, -0.05) is 24.3 Å². The monoisotopic (exact) mass is 428 g/mol. The van der Waals surface area contributed by atoms with Crippen LogP contribution in [0.4, 0.5) is 18.9 Å². The molecule has 0 saturated carbocycles. The number of anilines is 1. The smallest absolute Gasteiger partial charge is 0.331 e. The molecule has 2 aromatic carbocycles. The number of nitrogens with zero attached hydrogens (tertiary/aromatic N) is 3. The van der Waals surface area contributed by atoms with Gasteiger partial charge in [-0.25, -0.2) is 4.98 Å². The molecular formula is C22H19F3N4O2. The van der Waals surface area contributed by atoms with Crippen molar-refractivity contribution in [3.8, 4) is 0 Å². The summed E-state index contributed by atoms with van der Waals surface area (Å²) >= 11 is 0. The number of amides is 2. The molecule has 31 heavy (non-hydrogen) atoms. The highest BCUT2D eigenvalue weighted by Crippen LogP contribution is 2.21. The molecule has 160 valence electrons. The van der Waals surface area contributed by atoms with Gasteiger partial charge in [0.2, 0.25) is 5.91 Å². The molecule has 2 amide bonds. The first-order valence-corrected chi connectivity index (χ1v) is 9.42. The van der Waals surface area contributed by atoms with E-state index in [9.17, 15) is 22.8 Å². The van der Waals surface area contributed by atoms with Crippen molar-refractivity contribution in [3.05, 3.63) is 72.1 Å². The zero-order valence-corrected chi connectivity index (χ0v) is 16.6. The second-order valence-corrected chi connectivity index (χ2v) is 6.62. The number of fused-ring (bicyclic) bond motifs is 1. The molecule has 1 aromatic heterocycles. The van der Waals surface area contributed by atoms with Crippen molar-refractivity contribution in [2.45, 2.75) is 19.6 Å². The van der Waals surface area contributed by atoms with Crippen molar-refractivity contribution in [3.63, 3.8) is 0 Å². The normalized spacial score (nSPS) is 11.6. The summed E-state index contributed by atoms with van der Waals surface area (Å²) in [7, 11) is 0. The van der Waals surface area contributed by atoms with E-state index in [4.69, 9.17) is 0 Å². The molecule has 0 saturated heterocycles. The number of carbonyl (C=O) groups is 2. The fraction of sp³-hybridized carbons (Fsp3) is 0.182. The zero-order chi connectivity index (χ0) is 22.4. The summed E-state index contributed by atoms with van der Waals surface area (Å²) in [6.07, 6.45) is -0.585. The Morgan fingerprint density at radius 2 is 1.84 bits per heavy atom. The molecule has 0 aliphatic carbocycles. The first-order chi connectivity index (χ1) is 14.8. The highest BCUT2D eigenvalue weighted by atomic mass is 19.4. The summed E-state index contributed by atoms with van der Waals surface area (Å²) in [5.74, 6) is -2.34. The molecule has 9 heteroatoms. The molecule has 3 rings (SSSR count). The SMILES string of the molecule is CCN(Cc1cccc(NC(=O)/C=C/c2cnc3ccccc3n2)c1)C(=O)C(F)(F)F. The minimum absolute atomic E-state index is 0.0928. The number of para-hydroxylation sites is 2. The number of halogens is 3. The molecule has 1 heterocycles. The van der Waals surface area contributed by atoms with Gasteiger partial charge in [0.15, 0.2) is 0 Å². The summed E-state index contributed by atoms with van der Waals surface area (Å²) in [5, 5.41) is 2.64. The van der Waals surface area contributed by atoms with Crippen LogP contribution in [0, 0.1) is 0 Å². The Kier molecular flexibility index (Phi) is 6.64. The second kappa shape index (κ2) is 9.38. The Labute approximate surface area is 176 Å². The number of benzene rings is 2. The fourth-order valence-corrected chi connectivity index (χ4v) is 2.87. The summed E-state index contributed by atoms with van der Waals surface area (Å²) in [6.45, 7) is 1.15. The first-order valence-electron chi connectivity index (χ1n) is 9.42. The van der Waals surface area contributed by atoms with Gasteiger partial charge < -0.3 is 10.2 Å². The predicted octanol–water partition coefficient (Wildman–Crippen LogP) is 4.19. The molecule has 0 bridgehead atoms. The van der Waals surface area contributed by atoms with Crippen molar-refractivity contribution >= 4 is 34.6 Å². The van der Waals surface area contributed by atoms with Gasteiger partial charge in [-0.05, 0) is 42.8 Å². The predicted molar refractivity (Wildman–Crippen MR) is 111 cm³/mol. The Morgan fingerprint density at radius 3 is 2.55 bits per heavy atom. The molecule has 0 spiro atoms. The van der Waals surface area contributed by atoms with Crippen molar-refractivity contribution in [2.24, 2.45) is 0 Å². The van der Waals surface area contributed by atoms with Crippen LogP contribution in [-0.4, -0.2) is 39.4 Å². The number of hydrogen-bond donors (Lipinski definition) is 1. The van der Waals surface area contributed by atoms with Crippen LogP contribution in [0.5, 0.6) is 0 Å². The number of nitrogens with one attached hydrogen (secondary N) is 1. The average molecular weight is 428 g/mol. The lowest BCUT2D eigenvalue weighted by Gasteiger charge is -2.22. The third-order valence-corrected chi connectivity index (χ3v) is 4.35. The number of aromatic nitrogens is 2. The number of rotatable bonds is 6. The molecule has 0 aliphatic rings. The van der Waals surface area contributed by atoms with E-state index in [0.717, 1.165) is 5.52 Å². The highest BCUT2D eigenvalue weighted by Gasteiger charge is 2.41. The topological polar surface area (TPSA) is 75.2 Å². The zero-order valence-electron chi connectivity index (χ0n) is 16.6. The Morgan fingerprint density at radius 1 is 1.10 bits per heavy atom. The Hall–Kier alpha value is -3.75. The van der Waals surface area contributed by atoms with Crippen molar-refractivity contribution in [2.75, 3.05) is 11.9 Å². The van der Waals surface area contributed by atoms with E-state index >= 15 is 0 Å². The van der Waals surface area contributed by atoms with Gasteiger partial charge in [0.05, 0.1) is 22.9 Å². The Bertz CT molecular complexity index is 1130. The summed E-state index contributed by atoms with van der Waals surface area (Å²) in [5.41, 5.74) is 2.80. The largest absolute Gasteiger partial charge is 0.471 e. The maximum absolute atomic E-state index is 12.7. The lowest BCUT2D eigenvalue weighted by atomic mass is 10.2. The van der Waals surface area contributed by atoms with Crippen LogP contribution in [0.1, 0.15) is 18.2 Å². The summed E-state index contributed by atoms with van der Waals surface area (Å²) < 4.78 is 38.1. The second-order valence-electron chi connectivity index (χ2n) is 6.62. The highest BCUT2D eigenvalue weighted by molar-refractivity contribution is 6.01. The molecular weight excluding hydrogens is 409 g/mol. The minimum atomic E-state index is -4.93. The van der Waals surface area contributed by atoms with Crippen molar-refractivity contribution in [1.82, 2.24) is 14.9 Å². The van der Waals surface area contributed by atoms with Crippen LogP contribution in [0.25, 0.3) is 17.1 Å². The standard InChI is InChI=1S/C22H19F3N4O2/c1-2-29(21(31)22(23,24)25)14-15-6-5-7-16(12-15)28-20(30)11-10-17-13-26-18-8-3-4-9-19(18)27-17/h3-13H,2,14H2,1H3,(H,28,30)/b11-10+. The molecule has 6 nitrogen and oxygen atoms in total. The summed E-state index contributed by atoms with van der Waals surface area (Å²) in [4.78, 5) is 33.0. The average Bonchev–Trinajstić information content (AvgIpc) is 2.75. The molecule has 0 unspecified atom stereocenters. The third-order valence-electron chi connectivity index (χ3n) is 4.35. The maximum Gasteiger partial charge on any atom is 0.471 e. The lowest BCUT2D eigenvalue weighted by molar-refractivity contribution is -0.185. The van der Waals surface area contributed by atoms with Crippen LogP contribution < -0.4 is 5.32 Å². The van der Waals surface area contributed by atoms with Gasteiger partial charge >= 0.3 is 12.1 Å². The van der Waals surface area contributed by atoms with Crippen LogP contribution >= 0.6 is 0 Å². The number of hydrogen-bond acceptors (Lipinski definition) is 4. The van der Waals surface area contributed by atoms with Gasteiger partial charge in [0.25, 0.3) is 0 Å². The molecule has 0 aliphatic heterocycles. The van der Waals surface area contributed by atoms with Gasteiger partial charge in [-0.2, -0.15) is 13.2 Å². The minimum Gasteiger partial charge on any atom is -0.331 e. The van der Waals surface area contributed by atoms with Crippen molar-refractivity contribution in [1.29, 1.82) is 0 Å². The maximum atomic E-state index is 12.7. The first kappa shape index (κ1) is 21.9. The van der Waals surface area contributed by atoms with E-state index < -0.39 is 18.0 Å². The van der Waals surface area contributed by atoms with Gasteiger partial charge in [-0.3, -0.25) is 14.6 Å². The molecule has 3 aromatic rings. The van der Waals surface area contributed by atoms with Gasteiger partial charge in [-0.15, -0.1) is 0 Å². The fourth-order valence-electron chi connectivity index (χ4n) is 2.87. The van der Waals surface area contributed by atoms with E-state index in [1.165, 1.54) is 25.1 Å². The van der Waals surface area contributed by atoms with Crippen molar-refractivity contribution < 1.29 is 22.8 Å². The van der Waals surface area contributed by atoms with E-state index in [-0.39, 0.29) is 13.1 Å². The van der Waals surface area contributed by atoms with Crippen LogP contribution in [0.15, 0.2) is 60.8 Å². The number of carbonyl (C=O) groups excluding carboxylic acids is 2. The van der Waals surface area contributed by atoms with Gasteiger partial charge in [0, 0.05) is 24.9 Å². The van der Waals surface area contributed by atoms with Crippen LogP contribution in [0.2, 0.25) is 0 Å². The van der Waals surface area contributed by atoms with Crippen LogP contribution in [-0.2, 0) is 16.1 Å². The third kappa shape index (κ3) is 5.88. The van der Waals surface area contributed by atoms with E-state index in [1.807, 2.05) is 24.3 Å². The molecule has 0 fully saturated rings.